The lowest BCUT2D eigenvalue weighted by Crippen LogP contribution is -2.40. The third-order valence-electron chi connectivity index (χ3n) is 5.31. The molecule has 0 spiro atoms. The van der Waals surface area contributed by atoms with Gasteiger partial charge in [-0.05, 0) is 33.1 Å². The number of hydrogen-bond acceptors (Lipinski definition) is 5. The highest BCUT2D eigenvalue weighted by atomic mass is 16.5. The monoisotopic (exact) mass is 378 g/mol. The number of carbonyl (C=O) groups excluding carboxylic acids is 1. The average Bonchev–Trinajstić information content (AvgIpc) is 2.67. The molecule has 0 radical (unpaired) electrons. The highest BCUT2D eigenvalue weighted by Gasteiger charge is 2.20. The molecule has 1 aliphatic heterocycles. The predicted octanol–water partition coefficient (Wildman–Crippen LogP) is 2.27. The molecule has 27 heavy (non-hydrogen) atoms. The number of H-pyrrole nitrogens is 1. The number of nitrogens with zero attached hydrogens (tertiary/aromatic N) is 3. The van der Waals surface area contributed by atoms with Crippen molar-refractivity contribution in [3.63, 3.8) is 0 Å². The van der Waals surface area contributed by atoms with Crippen molar-refractivity contribution >= 4 is 11.9 Å². The van der Waals surface area contributed by atoms with E-state index in [2.05, 4.69) is 30.7 Å². The van der Waals surface area contributed by atoms with Crippen LogP contribution in [0.5, 0.6) is 0 Å². The molecule has 1 aromatic heterocycles. The van der Waals surface area contributed by atoms with Crippen LogP contribution in [-0.2, 0) is 16.0 Å². The van der Waals surface area contributed by atoms with Gasteiger partial charge in [0.25, 0.3) is 5.56 Å². The van der Waals surface area contributed by atoms with Crippen molar-refractivity contribution in [2.45, 2.75) is 65.8 Å². The SMILES string of the molecule is CCCCN(C(=O)CCc1c(C)nc(N2CCOCC2)[nH]c1=O)C(C)CC. The molecule has 0 aromatic carbocycles. The van der Waals surface area contributed by atoms with Gasteiger partial charge >= 0.3 is 0 Å². The van der Waals surface area contributed by atoms with Crippen molar-refractivity contribution in [1.82, 2.24) is 14.9 Å². The molecule has 2 heterocycles. The minimum absolute atomic E-state index is 0.119. The summed E-state index contributed by atoms with van der Waals surface area (Å²) < 4.78 is 5.35. The Hall–Kier alpha value is -1.89. The second-order valence-electron chi connectivity index (χ2n) is 7.25. The summed E-state index contributed by atoms with van der Waals surface area (Å²) in [6.07, 6.45) is 3.77. The van der Waals surface area contributed by atoms with Gasteiger partial charge in [-0.1, -0.05) is 20.3 Å². The molecular weight excluding hydrogens is 344 g/mol. The van der Waals surface area contributed by atoms with Crippen LogP contribution in [0.1, 0.15) is 57.7 Å². The standard InChI is InChI=1S/C20H34N4O3/c1-5-7-10-24(15(3)6-2)18(25)9-8-17-16(4)21-20(22-19(17)26)23-11-13-27-14-12-23/h15H,5-14H2,1-4H3,(H,21,22,26). The molecule has 0 bridgehead atoms. The summed E-state index contributed by atoms with van der Waals surface area (Å²) in [5.41, 5.74) is 1.18. The van der Waals surface area contributed by atoms with Crippen LogP contribution in [0.25, 0.3) is 0 Å². The van der Waals surface area contributed by atoms with E-state index in [-0.39, 0.29) is 17.5 Å². The third-order valence-corrected chi connectivity index (χ3v) is 5.31. The lowest BCUT2D eigenvalue weighted by Gasteiger charge is -2.29. The molecule has 1 unspecified atom stereocenters. The maximum atomic E-state index is 12.7. The number of nitrogens with one attached hydrogen (secondary N) is 1. The van der Waals surface area contributed by atoms with Gasteiger partial charge in [0.05, 0.1) is 13.2 Å². The Labute approximate surface area is 162 Å². The number of amides is 1. The molecule has 0 saturated carbocycles. The van der Waals surface area contributed by atoms with E-state index in [9.17, 15) is 9.59 Å². The van der Waals surface area contributed by atoms with Crippen LogP contribution in [0.2, 0.25) is 0 Å². The number of anilines is 1. The van der Waals surface area contributed by atoms with E-state index in [1.54, 1.807) is 0 Å². The van der Waals surface area contributed by atoms with Crippen LogP contribution >= 0.6 is 0 Å². The molecule has 1 N–H and O–H groups in total. The molecular formula is C20H34N4O3. The van der Waals surface area contributed by atoms with Gasteiger partial charge in [-0.15, -0.1) is 0 Å². The summed E-state index contributed by atoms with van der Waals surface area (Å²) in [7, 11) is 0. The maximum absolute atomic E-state index is 12.7. The number of ether oxygens (including phenoxy) is 1. The van der Waals surface area contributed by atoms with Crippen molar-refractivity contribution in [2.75, 3.05) is 37.7 Å². The number of hydrogen-bond donors (Lipinski definition) is 1. The second-order valence-corrected chi connectivity index (χ2v) is 7.25. The summed E-state index contributed by atoms with van der Waals surface area (Å²) in [5, 5.41) is 0. The third kappa shape index (κ3) is 5.79. The van der Waals surface area contributed by atoms with Crippen LogP contribution in [0.4, 0.5) is 5.95 Å². The zero-order valence-corrected chi connectivity index (χ0v) is 17.2. The summed E-state index contributed by atoms with van der Waals surface area (Å²) in [5.74, 6) is 0.717. The Kier molecular flexibility index (Phi) is 8.28. The van der Waals surface area contributed by atoms with Gasteiger partial charge in [-0.2, -0.15) is 0 Å². The fraction of sp³-hybridized carbons (Fsp3) is 0.750. The Morgan fingerprint density at radius 3 is 2.63 bits per heavy atom. The topological polar surface area (TPSA) is 78.5 Å². The second kappa shape index (κ2) is 10.4. The first-order valence-electron chi connectivity index (χ1n) is 10.2. The number of aryl methyl sites for hydroxylation is 1. The lowest BCUT2D eigenvalue weighted by atomic mass is 10.1. The lowest BCUT2D eigenvalue weighted by molar-refractivity contribution is -0.133. The van der Waals surface area contributed by atoms with E-state index >= 15 is 0 Å². The van der Waals surface area contributed by atoms with Crippen molar-refractivity contribution < 1.29 is 9.53 Å². The highest BCUT2D eigenvalue weighted by molar-refractivity contribution is 5.76. The first-order chi connectivity index (χ1) is 13.0. The van der Waals surface area contributed by atoms with Crippen molar-refractivity contribution in [3.8, 4) is 0 Å². The highest BCUT2D eigenvalue weighted by Crippen LogP contribution is 2.13. The predicted molar refractivity (Wildman–Crippen MR) is 107 cm³/mol. The molecule has 0 aliphatic carbocycles. The minimum Gasteiger partial charge on any atom is -0.378 e. The Balaban J connectivity index is 2.05. The molecule has 1 aromatic rings. The molecule has 1 saturated heterocycles. The molecule has 2 rings (SSSR count). The fourth-order valence-corrected chi connectivity index (χ4v) is 3.33. The molecule has 7 nitrogen and oxygen atoms in total. The van der Waals surface area contributed by atoms with Crippen LogP contribution in [0, 0.1) is 6.92 Å². The van der Waals surface area contributed by atoms with Gasteiger partial charge in [0.2, 0.25) is 11.9 Å². The molecule has 1 aliphatic rings. The van der Waals surface area contributed by atoms with E-state index < -0.39 is 0 Å². The van der Waals surface area contributed by atoms with Gasteiger partial charge in [0, 0.05) is 43.4 Å². The van der Waals surface area contributed by atoms with Crippen LogP contribution in [-0.4, -0.2) is 59.7 Å². The average molecular weight is 379 g/mol. The molecule has 152 valence electrons. The maximum Gasteiger partial charge on any atom is 0.255 e. The quantitative estimate of drug-likeness (QED) is 0.713. The summed E-state index contributed by atoms with van der Waals surface area (Å²) >= 11 is 0. The summed E-state index contributed by atoms with van der Waals surface area (Å²) in [4.78, 5) is 36.7. The normalized spacial score (nSPS) is 15.6. The van der Waals surface area contributed by atoms with Crippen LogP contribution in [0.15, 0.2) is 4.79 Å². The van der Waals surface area contributed by atoms with Crippen molar-refractivity contribution in [2.24, 2.45) is 0 Å². The Morgan fingerprint density at radius 1 is 1.33 bits per heavy atom. The molecule has 1 amide bonds. The minimum atomic E-state index is -0.138. The zero-order chi connectivity index (χ0) is 19.8. The number of aromatic amines is 1. The van der Waals surface area contributed by atoms with E-state index in [0.29, 0.717) is 43.3 Å². The number of unbranched alkanes of at least 4 members (excludes halogenated alkanes) is 1. The smallest absolute Gasteiger partial charge is 0.255 e. The number of aromatic nitrogens is 2. The van der Waals surface area contributed by atoms with E-state index in [4.69, 9.17) is 4.74 Å². The van der Waals surface area contributed by atoms with Crippen LogP contribution < -0.4 is 10.5 Å². The number of carbonyl (C=O) groups is 1. The van der Waals surface area contributed by atoms with E-state index in [1.165, 1.54) is 0 Å². The molecule has 1 atom stereocenters. The molecule has 7 heteroatoms. The summed E-state index contributed by atoms with van der Waals surface area (Å²) in [6, 6.07) is 0.227. The number of morpholine rings is 1. The van der Waals surface area contributed by atoms with Gasteiger partial charge < -0.3 is 14.5 Å². The van der Waals surface area contributed by atoms with Crippen LogP contribution in [0.3, 0.4) is 0 Å². The van der Waals surface area contributed by atoms with Gasteiger partial charge in [0.15, 0.2) is 0 Å². The largest absolute Gasteiger partial charge is 0.378 e. The summed E-state index contributed by atoms with van der Waals surface area (Å²) in [6.45, 7) is 11.7. The van der Waals surface area contributed by atoms with Gasteiger partial charge in [-0.25, -0.2) is 4.98 Å². The van der Waals surface area contributed by atoms with Gasteiger partial charge in [-0.3, -0.25) is 14.6 Å². The Bertz CT molecular complexity index is 668. The van der Waals surface area contributed by atoms with Crippen molar-refractivity contribution in [1.29, 1.82) is 0 Å². The molecule has 1 fully saturated rings. The fourth-order valence-electron chi connectivity index (χ4n) is 3.33. The van der Waals surface area contributed by atoms with Crippen molar-refractivity contribution in [3.05, 3.63) is 21.6 Å². The van der Waals surface area contributed by atoms with E-state index in [1.807, 2.05) is 16.7 Å². The first kappa shape index (κ1) is 21.4. The number of rotatable bonds is 9. The zero-order valence-electron chi connectivity index (χ0n) is 17.2. The Morgan fingerprint density at radius 2 is 2.04 bits per heavy atom. The van der Waals surface area contributed by atoms with Gasteiger partial charge in [0.1, 0.15) is 0 Å². The van der Waals surface area contributed by atoms with E-state index in [0.717, 1.165) is 38.9 Å². The first-order valence-corrected chi connectivity index (χ1v) is 10.2.